The lowest BCUT2D eigenvalue weighted by atomic mass is 10.1. The van der Waals surface area contributed by atoms with E-state index in [1.54, 1.807) is 12.5 Å². The van der Waals surface area contributed by atoms with Crippen LogP contribution in [-0.2, 0) is 11.3 Å². The summed E-state index contributed by atoms with van der Waals surface area (Å²) in [6, 6.07) is 7.91. The molecule has 19 heavy (non-hydrogen) atoms. The molecular formula is C15H19N3O. The van der Waals surface area contributed by atoms with Gasteiger partial charge in [0.2, 0.25) is 5.91 Å². The van der Waals surface area contributed by atoms with Crippen LogP contribution in [0.3, 0.4) is 0 Å². The lowest BCUT2D eigenvalue weighted by Crippen LogP contribution is -2.19. The summed E-state index contributed by atoms with van der Waals surface area (Å²) in [6.45, 7) is 4.71. The van der Waals surface area contributed by atoms with E-state index in [2.05, 4.69) is 10.3 Å². The molecule has 0 fully saturated rings. The molecule has 0 radical (unpaired) electrons. The Kier molecular flexibility index (Phi) is 4.34. The van der Waals surface area contributed by atoms with Gasteiger partial charge in [0.05, 0.1) is 6.33 Å². The Hall–Kier alpha value is -2.10. The Morgan fingerprint density at radius 2 is 2.32 bits per heavy atom. The molecule has 1 atom stereocenters. The molecule has 0 aliphatic rings. The topological polar surface area (TPSA) is 46.9 Å². The predicted octanol–water partition coefficient (Wildman–Crippen LogP) is 2.92. The smallest absolute Gasteiger partial charge is 0.227 e. The predicted molar refractivity (Wildman–Crippen MR) is 75.9 cm³/mol. The minimum absolute atomic E-state index is 0.0392. The fourth-order valence-electron chi connectivity index (χ4n) is 1.79. The summed E-state index contributed by atoms with van der Waals surface area (Å²) in [5, 5.41) is 2.95. The van der Waals surface area contributed by atoms with Gasteiger partial charge in [0.15, 0.2) is 0 Å². The molecular weight excluding hydrogens is 238 g/mol. The van der Waals surface area contributed by atoms with Gasteiger partial charge in [-0.2, -0.15) is 0 Å². The third-order valence-corrected chi connectivity index (χ3v) is 3.18. The summed E-state index contributed by atoms with van der Waals surface area (Å²) >= 11 is 0. The van der Waals surface area contributed by atoms with E-state index in [1.807, 2.05) is 48.9 Å². The highest BCUT2D eigenvalue weighted by Crippen LogP contribution is 2.14. The molecule has 4 heteroatoms. The number of hydrogen-bond donors (Lipinski definition) is 1. The molecule has 2 rings (SSSR count). The van der Waals surface area contributed by atoms with Crippen LogP contribution in [0.4, 0.5) is 5.69 Å². The molecule has 1 N–H and O–H groups in total. The largest absolute Gasteiger partial charge is 0.333 e. The highest BCUT2D eigenvalue weighted by atomic mass is 16.1. The van der Waals surface area contributed by atoms with E-state index in [4.69, 9.17) is 0 Å². The molecule has 2 aromatic rings. The number of amides is 1. The molecule has 1 aromatic heterocycles. The van der Waals surface area contributed by atoms with Crippen molar-refractivity contribution < 1.29 is 4.79 Å². The first-order valence-electron chi connectivity index (χ1n) is 6.54. The van der Waals surface area contributed by atoms with E-state index >= 15 is 0 Å². The van der Waals surface area contributed by atoms with Crippen LogP contribution >= 0.6 is 0 Å². The SMILES string of the molecule is CC[C@@H](C)C(=O)Nc1cccc(Cn2ccnc2)c1. The molecule has 0 bridgehead atoms. The van der Waals surface area contributed by atoms with Crippen molar-refractivity contribution >= 4 is 11.6 Å². The molecule has 1 heterocycles. The zero-order chi connectivity index (χ0) is 13.7. The van der Waals surface area contributed by atoms with Crippen molar-refractivity contribution in [3.8, 4) is 0 Å². The molecule has 4 nitrogen and oxygen atoms in total. The Bertz CT molecular complexity index is 534. The quantitative estimate of drug-likeness (QED) is 0.895. The first kappa shape index (κ1) is 13.3. The maximum atomic E-state index is 11.8. The van der Waals surface area contributed by atoms with Gasteiger partial charge in [-0.3, -0.25) is 4.79 Å². The van der Waals surface area contributed by atoms with Gasteiger partial charge in [-0.1, -0.05) is 26.0 Å². The maximum absolute atomic E-state index is 11.8. The van der Waals surface area contributed by atoms with Gasteiger partial charge < -0.3 is 9.88 Å². The molecule has 0 unspecified atom stereocenters. The molecule has 100 valence electrons. The molecule has 1 amide bonds. The number of carbonyl (C=O) groups excluding carboxylic acids is 1. The lowest BCUT2D eigenvalue weighted by Gasteiger charge is -2.11. The van der Waals surface area contributed by atoms with Crippen LogP contribution in [-0.4, -0.2) is 15.5 Å². The van der Waals surface area contributed by atoms with E-state index in [-0.39, 0.29) is 11.8 Å². The van der Waals surface area contributed by atoms with Crippen molar-refractivity contribution in [3.63, 3.8) is 0 Å². The number of benzene rings is 1. The standard InChI is InChI=1S/C15H19N3O/c1-3-12(2)15(19)17-14-6-4-5-13(9-14)10-18-8-7-16-11-18/h4-9,11-12H,3,10H2,1-2H3,(H,17,19)/t12-/m1/s1. The van der Waals surface area contributed by atoms with Crippen molar-refractivity contribution in [1.29, 1.82) is 0 Å². The van der Waals surface area contributed by atoms with E-state index in [9.17, 15) is 4.79 Å². The van der Waals surface area contributed by atoms with Crippen LogP contribution in [0.25, 0.3) is 0 Å². The monoisotopic (exact) mass is 257 g/mol. The molecule has 1 aromatic carbocycles. The van der Waals surface area contributed by atoms with Crippen LogP contribution in [0.15, 0.2) is 43.0 Å². The second kappa shape index (κ2) is 6.18. The van der Waals surface area contributed by atoms with Crippen molar-refractivity contribution in [2.75, 3.05) is 5.32 Å². The van der Waals surface area contributed by atoms with Crippen LogP contribution in [0.1, 0.15) is 25.8 Å². The summed E-state index contributed by atoms with van der Waals surface area (Å²) in [5.41, 5.74) is 1.99. The van der Waals surface area contributed by atoms with Crippen molar-refractivity contribution in [3.05, 3.63) is 48.5 Å². The minimum Gasteiger partial charge on any atom is -0.333 e. The summed E-state index contributed by atoms with van der Waals surface area (Å²) in [7, 11) is 0. The van der Waals surface area contributed by atoms with Crippen LogP contribution in [0.5, 0.6) is 0 Å². The van der Waals surface area contributed by atoms with E-state index in [1.165, 1.54) is 0 Å². The van der Waals surface area contributed by atoms with Gasteiger partial charge in [-0.15, -0.1) is 0 Å². The van der Waals surface area contributed by atoms with E-state index < -0.39 is 0 Å². The molecule has 0 saturated carbocycles. The van der Waals surface area contributed by atoms with Gasteiger partial charge in [0.25, 0.3) is 0 Å². The number of nitrogens with zero attached hydrogens (tertiary/aromatic N) is 2. The number of nitrogens with one attached hydrogen (secondary N) is 1. The normalized spacial score (nSPS) is 12.1. The van der Waals surface area contributed by atoms with Crippen molar-refractivity contribution in [2.24, 2.45) is 5.92 Å². The highest BCUT2D eigenvalue weighted by Gasteiger charge is 2.10. The Balaban J connectivity index is 2.05. The van der Waals surface area contributed by atoms with Crippen LogP contribution < -0.4 is 5.32 Å². The fraction of sp³-hybridized carbons (Fsp3) is 0.333. The zero-order valence-electron chi connectivity index (χ0n) is 11.3. The molecule has 0 aliphatic carbocycles. The van der Waals surface area contributed by atoms with Crippen molar-refractivity contribution in [2.45, 2.75) is 26.8 Å². The number of anilines is 1. The summed E-state index contributed by atoms with van der Waals surface area (Å²) in [4.78, 5) is 15.9. The number of carbonyl (C=O) groups is 1. The van der Waals surface area contributed by atoms with Gasteiger partial charge in [0, 0.05) is 30.5 Å². The Labute approximate surface area is 113 Å². The maximum Gasteiger partial charge on any atom is 0.227 e. The van der Waals surface area contributed by atoms with Crippen LogP contribution in [0, 0.1) is 5.92 Å². The highest BCUT2D eigenvalue weighted by molar-refractivity contribution is 5.92. The van der Waals surface area contributed by atoms with Crippen LogP contribution in [0.2, 0.25) is 0 Å². The minimum atomic E-state index is 0.0392. The molecule has 0 aliphatic heterocycles. The number of hydrogen-bond acceptors (Lipinski definition) is 2. The first-order valence-corrected chi connectivity index (χ1v) is 6.54. The summed E-state index contributed by atoms with van der Waals surface area (Å²) in [5.74, 6) is 0.111. The third-order valence-electron chi connectivity index (χ3n) is 3.18. The second-order valence-electron chi connectivity index (χ2n) is 4.73. The average molecular weight is 257 g/mol. The van der Waals surface area contributed by atoms with Gasteiger partial charge >= 0.3 is 0 Å². The van der Waals surface area contributed by atoms with Gasteiger partial charge in [0.1, 0.15) is 0 Å². The summed E-state index contributed by atoms with van der Waals surface area (Å²) in [6.07, 6.45) is 6.31. The number of imidazole rings is 1. The van der Waals surface area contributed by atoms with Gasteiger partial charge in [-0.05, 0) is 24.1 Å². The second-order valence-corrected chi connectivity index (χ2v) is 4.73. The summed E-state index contributed by atoms with van der Waals surface area (Å²) < 4.78 is 2.00. The van der Waals surface area contributed by atoms with E-state index in [0.717, 1.165) is 24.2 Å². The van der Waals surface area contributed by atoms with Gasteiger partial charge in [-0.25, -0.2) is 4.98 Å². The third kappa shape index (κ3) is 3.68. The Morgan fingerprint density at radius 3 is 3.00 bits per heavy atom. The molecule has 0 saturated heterocycles. The molecule has 0 spiro atoms. The lowest BCUT2D eigenvalue weighted by molar-refractivity contribution is -0.119. The number of rotatable bonds is 5. The number of aromatic nitrogens is 2. The Morgan fingerprint density at radius 1 is 1.47 bits per heavy atom. The average Bonchev–Trinajstić information content (AvgIpc) is 2.91. The zero-order valence-corrected chi connectivity index (χ0v) is 11.3. The fourth-order valence-corrected chi connectivity index (χ4v) is 1.79. The van der Waals surface area contributed by atoms with E-state index in [0.29, 0.717) is 0 Å². The van der Waals surface area contributed by atoms with Crippen molar-refractivity contribution in [1.82, 2.24) is 9.55 Å². The first-order chi connectivity index (χ1) is 9.19.